The summed E-state index contributed by atoms with van der Waals surface area (Å²) in [7, 11) is 0. The zero-order chi connectivity index (χ0) is 20.5. The molecule has 0 fully saturated rings. The van der Waals surface area contributed by atoms with Crippen LogP contribution in [0.15, 0.2) is 60.7 Å². The van der Waals surface area contributed by atoms with Gasteiger partial charge in [-0.1, -0.05) is 60.8 Å². The van der Waals surface area contributed by atoms with Gasteiger partial charge in [-0.25, -0.2) is 0 Å². The summed E-state index contributed by atoms with van der Waals surface area (Å²) in [4.78, 5) is 11.5. The molecule has 3 rings (SSSR count). The third kappa shape index (κ3) is 6.64. The van der Waals surface area contributed by atoms with Crippen LogP contribution in [0.2, 0.25) is 0 Å². The van der Waals surface area contributed by atoms with E-state index in [0.29, 0.717) is 12.2 Å². The second kappa shape index (κ2) is 11.1. The van der Waals surface area contributed by atoms with E-state index in [1.807, 2.05) is 0 Å². The van der Waals surface area contributed by atoms with E-state index in [2.05, 4.69) is 61.2 Å². The predicted molar refractivity (Wildman–Crippen MR) is 125 cm³/mol. The molecule has 0 aliphatic heterocycles. The Balaban J connectivity index is 1.43. The Bertz CT molecular complexity index is 865. The van der Waals surface area contributed by atoms with E-state index >= 15 is 0 Å². The molecular formula is C26H30O2S. The third-order valence-electron chi connectivity index (χ3n) is 5.14. The monoisotopic (exact) mass is 406 g/mol. The maximum absolute atomic E-state index is 11.5. The number of thioether (sulfide) groups is 1. The Morgan fingerprint density at radius 3 is 2.62 bits per heavy atom. The Labute approximate surface area is 179 Å². The van der Waals surface area contributed by atoms with Crippen molar-refractivity contribution in [3.05, 3.63) is 77.4 Å². The molecule has 2 aromatic rings. The number of hydrogen-bond acceptors (Lipinski definition) is 3. The normalized spacial score (nSPS) is 13.2. The van der Waals surface area contributed by atoms with Crippen molar-refractivity contribution in [3.8, 4) is 5.75 Å². The molecule has 3 heteroatoms. The number of fused-ring (bicyclic) bond motifs is 1. The van der Waals surface area contributed by atoms with E-state index in [1.54, 1.807) is 6.92 Å². The zero-order valence-corrected chi connectivity index (χ0v) is 18.1. The van der Waals surface area contributed by atoms with Crippen LogP contribution in [0.1, 0.15) is 55.7 Å². The molecule has 0 N–H and O–H groups in total. The van der Waals surface area contributed by atoms with Crippen molar-refractivity contribution in [2.75, 3.05) is 12.4 Å². The van der Waals surface area contributed by atoms with Gasteiger partial charge in [-0.15, -0.1) is 0 Å². The molecule has 0 bridgehead atoms. The van der Waals surface area contributed by atoms with E-state index in [1.165, 1.54) is 40.4 Å². The highest BCUT2D eigenvalue weighted by Crippen LogP contribution is 2.30. The van der Waals surface area contributed by atoms with Gasteiger partial charge in [0.05, 0.1) is 6.61 Å². The summed E-state index contributed by atoms with van der Waals surface area (Å²) in [6.45, 7) is 6.15. The first-order valence-corrected chi connectivity index (χ1v) is 11.5. The molecule has 0 spiro atoms. The maximum atomic E-state index is 11.5. The molecule has 0 saturated heterocycles. The predicted octanol–water partition coefficient (Wildman–Crippen LogP) is 6.95. The molecule has 1 aliphatic carbocycles. The van der Waals surface area contributed by atoms with Crippen LogP contribution in [0.25, 0.3) is 11.6 Å². The van der Waals surface area contributed by atoms with Crippen LogP contribution in [0, 0.1) is 0 Å². The van der Waals surface area contributed by atoms with Gasteiger partial charge in [0.15, 0.2) is 0 Å². The molecule has 0 amide bonds. The summed E-state index contributed by atoms with van der Waals surface area (Å²) in [5.41, 5.74) is 6.12. The molecule has 0 aromatic heterocycles. The van der Waals surface area contributed by atoms with Crippen LogP contribution in [0.4, 0.5) is 0 Å². The lowest BCUT2D eigenvalue weighted by Gasteiger charge is -2.09. The minimum Gasteiger partial charge on any atom is -0.494 e. The zero-order valence-electron chi connectivity index (χ0n) is 17.3. The summed E-state index contributed by atoms with van der Waals surface area (Å²) >= 11 is 1.37. The Morgan fingerprint density at radius 1 is 1.03 bits per heavy atom. The van der Waals surface area contributed by atoms with Gasteiger partial charge < -0.3 is 4.74 Å². The first kappa shape index (κ1) is 21.4. The largest absolute Gasteiger partial charge is 0.494 e. The topological polar surface area (TPSA) is 26.3 Å². The van der Waals surface area contributed by atoms with Gasteiger partial charge in [-0.3, -0.25) is 4.79 Å². The first-order chi connectivity index (χ1) is 14.1. The lowest BCUT2D eigenvalue weighted by atomic mass is 10.0. The highest BCUT2D eigenvalue weighted by molar-refractivity contribution is 8.14. The van der Waals surface area contributed by atoms with Gasteiger partial charge in [-0.2, -0.15) is 0 Å². The summed E-state index contributed by atoms with van der Waals surface area (Å²) in [6, 6.07) is 17.2. The lowest BCUT2D eigenvalue weighted by Crippen LogP contribution is -1.99. The van der Waals surface area contributed by atoms with Gasteiger partial charge >= 0.3 is 0 Å². The molecule has 0 heterocycles. The highest BCUT2D eigenvalue weighted by Gasteiger charge is 2.10. The smallest absolute Gasteiger partial charge is 0.214 e. The number of allylic oxidation sites excluding steroid dienone is 1. The molecule has 29 heavy (non-hydrogen) atoms. The van der Waals surface area contributed by atoms with Gasteiger partial charge in [0.2, 0.25) is 5.12 Å². The minimum absolute atomic E-state index is 0.105. The van der Waals surface area contributed by atoms with Crippen molar-refractivity contribution in [2.45, 2.75) is 45.4 Å². The number of unbranched alkanes of at least 4 members (excludes halogenated alkanes) is 2. The molecule has 0 atom stereocenters. The number of ether oxygens (including phenoxy) is 1. The Hall–Kier alpha value is -2.26. The summed E-state index contributed by atoms with van der Waals surface area (Å²) in [5, 5.41) is 0.105. The molecular weight excluding hydrogens is 376 g/mol. The van der Waals surface area contributed by atoms with Gasteiger partial charge in [0.25, 0.3) is 0 Å². The van der Waals surface area contributed by atoms with Crippen molar-refractivity contribution in [1.29, 1.82) is 0 Å². The highest BCUT2D eigenvalue weighted by atomic mass is 32.2. The van der Waals surface area contributed by atoms with Crippen molar-refractivity contribution >= 4 is 28.5 Å². The summed E-state index contributed by atoms with van der Waals surface area (Å²) < 4.78 is 5.89. The van der Waals surface area contributed by atoms with E-state index in [9.17, 15) is 4.79 Å². The third-order valence-corrected chi connectivity index (χ3v) is 6.24. The lowest BCUT2D eigenvalue weighted by molar-refractivity contribution is -0.107. The number of rotatable bonds is 9. The molecule has 0 saturated carbocycles. The van der Waals surface area contributed by atoms with Gasteiger partial charge in [0.1, 0.15) is 5.75 Å². The van der Waals surface area contributed by atoms with Crippen molar-refractivity contribution in [2.24, 2.45) is 0 Å². The molecule has 2 nitrogen and oxygen atoms in total. The fourth-order valence-corrected chi connectivity index (χ4v) is 4.26. The average Bonchev–Trinajstić information content (AvgIpc) is 2.95. The van der Waals surface area contributed by atoms with E-state index in [4.69, 9.17) is 4.74 Å². The Morgan fingerprint density at radius 2 is 1.83 bits per heavy atom. The number of carbonyl (C=O) groups is 1. The van der Waals surface area contributed by atoms with E-state index < -0.39 is 0 Å². The standard InChI is InChI=1S/C26H30O2S/c1-20(2)26(27)29-18-7-3-6-17-28-25-15-13-22(14-16-25)24-12-8-11-21-9-4-5-10-23(21)19-24/h4-5,9-10,13-16,19H,1,3,6-8,11-12,17-18H2,2H3. The maximum Gasteiger partial charge on any atom is 0.214 e. The molecule has 1 aliphatic rings. The van der Waals surface area contributed by atoms with Crippen LogP contribution in [0.3, 0.4) is 0 Å². The number of carbonyl (C=O) groups excluding carboxylic acids is 1. The van der Waals surface area contributed by atoms with Crippen LogP contribution in [-0.2, 0) is 11.2 Å². The van der Waals surface area contributed by atoms with Crippen molar-refractivity contribution in [1.82, 2.24) is 0 Å². The Kier molecular flexibility index (Phi) is 8.18. The van der Waals surface area contributed by atoms with Crippen LogP contribution >= 0.6 is 11.8 Å². The van der Waals surface area contributed by atoms with Gasteiger partial charge in [-0.05, 0) is 85.4 Å². The minimum atomic E-state index is 0.105. The quantitative estimate of drug-likeness (QED) is 0.333. The summed E-state index contributed by atoms with van der Waals surface area (Å²) in [5.74, 6) is 1.79. The first-order valence-electron chi connectivity index (χ1n) is 10.5. The van der Waals surface area contributed by atoms with E-state index in [0.717, 1.165) is 43.6 Å². The number of benzene rings is 2. The summed E-state index contributed by atoms with van der Waals surface area (Å²) in [6.07, 6.45) is 8.90. The fraction of sp³-hybridized carbons (Fsp3) is 0.346. The van der Waals surface area contributed by atoms with Crippen LogP contribution in [0.5, 0.6) is 5.75 Å². The second-order valence-electron chi connectivity index (χ2n) is 7.57. The SMILES string of the molecule is C=C(C)C(=O)SCCCCCOc1ccc(C2=Cc3ccccc3CCC2)cc1. The fourth-order valence-electron chi connectivity index (χ4n) is 3.48. The van der Waals surface area contributed by atoms with Crippen molar-refractivity contribution in [3.63, 3.8) is 0 Å². The molecule has 152 valence electrons. The number of hydrogen-bond donors (Lipinski definition) is 0. The molecule has 0 radical (unpaired) electrons. The second-order valence-corrected chi connectivity index (χ2v) is 8.64. The number of aryl methyl sites for hydroxylation is 1. The average molecular weight is 407 g/mol. The van der Waals surface area contributed by atoms with E-state index in [-0.39, 0.29) is 5.12 Å². The molecule has 2 aromatic carbocycles. The molecule has 0 unspecified atom stereocenters. The van der Waals surface area contributed by atoms with Gasteiger partial charge in [0, 0.05) is 5.75 Å². The van der Waals surface area contributed by atoms with Crippen LogP contribution in [-0.4, -0.2) is 17.5 Å². The van der Waals surface area contributed by atoms with Crippen molar-refractivity contribution < 1.29 is 9.53 Å². The van der Waals surface area contributed by atoms with Crippen LogP contribution < -0.4 is 4.74 Å².